The summed E-state index contributed by atoms with van der Waals surface area (Å²) in [6, 6.07) is 1.23. The van der Waals surface area contributed by atoms with Gasteiger partial charge in [-0.15, -0.1) is 0 Å². The molecule has 1 saturated heterocycles. The second kappa shape index (κ2) is 5.56. The van der Waals surface area contributed by atoms with Gasteiger partial charge in [-0.25, -0.2) is 9.97 Å². The molecule has 0 saturated carbocycles. The number of amides is 2. The molecule has 6 nitrogen and oxygen atoms in total. The van der Waals surface area contributed by atoms with Crippen molar-refractivity contribution in [1.29, 1.82) is 0 Å². The van der Waals surface area contributed by atoms with Crippen molar-refractivity contribution in [3.8, 4) is 0 Å². The average Bonchev–Trinajstić information content (AvgIpc) is 2.40. The molecule has 0 unspecified atom stereocenters. The maximum Gasteiger partial charge on any atom is 0.273 e. The monoisotopic (exact) mass is 276 g/mol. The van der Waals surface area contributed by atoms with E-state index in [9.17, 15) is 9.59 Å². The van der Waals surface area contributed by atoms with Gasteiger partial charge in [0.15, 0.2) is 0 Å². The van der Waals surface area contributed by atoms with E-state index in [-0.39, 0.29) is 11.8 Å². The van der Waals surface area contributed by atoms with Crippen molar-refractivity contribution in [1.82, 2.24) is 19.8 Å². The second-order valence-corrected chi connectivity index (χ2v) is 5.03. The van der Waals surface area contributed by atoms with Crippen LogP contribution in [0.2, 0.25) is 0 Å². The highest BCUT2D eigenvalue weighted by Crippen LogP contribution is 2.14. The summed E-state index contributed by atoms with van der Waals surface area (Å²) in [6.07, 6.45) is 0. The minimum Gasteiger partial charge on any atom is -0.339 e. The number of nitrogens with zero attached hydrogens (tertiary/aromatic N) is 4. The number of piperazine rings is 1. The van der Waals surface area contributed by atoms with E-state index in [1.807, 2.05) is 13.8 Å². The van der Waals surface area contributed by atoms with E-state index in [1.165, 1.54) is 0 Å². The summed E-state index contributed by atoms with van der Waals surface area (Å²) in [4.78, 5) is 36.4. The van der Waals surface area contributed by atoms with Crippen LogP contribution in [0.3, 0.4) is 0 Å². The summed E-state index contributed by atoms with van der Waals surface area (Å²) >= 11 is 0. The molecule has 0 spiro atoms. The zero-order valence-electron chi connectivity index (χ0n) is 12.4. The van der Waals surface area contributed by atoms with E-state index in [1.54, 1.807) is 29.7 Å². The van der Waals surface area contributed by atoms with Crippen LogP contribution in [-0.4, -0.2) is 57.3 Å². The predicted molar refractivity (Wildman–Crippen MR) is 74.3 cm³/mol. The van der Waals surface area contributed by atoms with Crippen LogP contribution in [-0.2, 0) is 4.79 Å². The lowest BCUT2D eigenvalue weighted by Gasteiger charge is -2.38. The standard InChI is InChI=1S/C14H20N4O2/c1-5-17-6-7-18(10(3)13(17)19)14(20)12-8-9(2)15-11(4)16-12/h8,10H,5-7H2,1-4H3/t10-/m1/s1. The number of aryl methyl sites for hydroxylation is 2. The van der Waals surface area contributed by atoms with E-state index >= 15 is 0 Å². The van der Waals surface area contributed by atoms with Crippen molar-refractivity contribution in [2.75, 3.05) is 19.6 Å². The van der Waals surface area contributed by atoms with Crippen molar-refractivity contribution in [2.45, 2.75) is 33.7 Å². The maximum absolute atomic E-state index is 12.5. The number of carbonyl (C=O) groups excluding carboxylic acids is 2. The van der Waals surface area contributed by atoms with E-state index < -0.39 is 6.04 Å². The zero-order valence-corrected chi connectivity index (χ0v) is 12.4. The van der Waals surface area contributed by atoms with Gasteiger partial charge in [0, 0.05) is 25.3 Å². The number of hydrogen-bond acceptors (Lipinski definition) is 4. The Morgan fingerprint density at radius 1 is 1.35 bits per heavy atom. The van der Waals surface area contributed by atoms with Crippen LogP contribution in [0.4, 0.5) is 0 Å². The number of rotatable bonds is 2. The Hall–Kier alpha value is -1.98. The third-order valence-electron chi connectivity index (χ3n) is 3.58. The summed E-state index contributed by atoms with van der Waals surface area (Å²) in [6.45, 7) is 9.09. The van der Waals surface area contributed by atoms with E-state index in [0.717, 1.165) is 5.69 Å². The molecule has 1 aliphatic rings. The Morgan fingerprint density at radius 3 is 2.65 bits per heavy atom. The molecule has 2 amide bonds. The molecule has 6 heteroatoms. The van der Waals surface area contributed by atoms with Crippen molar-refractivity contribution >= 4 is 11.8 Å². The zero-order chi connectivity index (χ0) is 14.9. The van der Waals surface area contributed by atoms with E-state index in [0.29, 0.717) is 31.2 Å². The molecule has 1 aromatic rings. The summed E-state index contributed by atoms with van der Waals surface area (Å²) in [5, 5.41) is 0. The normalized spacial score (nSPS) is 19.4. The highest BCUT2D eigenvalue weighted by Gasteiger charge is 2.34. The van der Waals surface area contributed by atoms with E-state index in [4.69, 9.17) is 0 Å². The van der Waals surface area contributed by atoms with Gasteiger partial charge < -0.3 is 9.80 Å². The Kier molecular flexibility index (Phi) is 4.01. The highest BCUT2D eigenvalue weighted by atomic mass is 16.2. The van der Waals surface area contributed by atoms with Gasteiger partial charge in [0.2, 0.25) is 5.91 Å². The lowest BCUT2D eigenvalue weighted by atomic mass is 10.1. The molecule has 2 rings (SSSR count). The summed E-state index contributed by atoms with van der Waals surface area (Å²) in [5.74, 6) is 0.365. The minimum atomic E-state index is -0.438. The SMILES string of the molecule is CCN1CCN(C(=O)c2cc(C)nc(C)n2)[C@H](C)C1=O. The van der Waals surface area contributed by atoms with Crippen LogP contribution in [0.15, 0.2) is 6.07 Å². The first-order valence-corrected chi connectivity index (χ1v) is 6.86. The van der Waals surface area contributed by atoms with Crippen molar-refractivity contribution in [2.24, 2.45) is 0 Å². The molecule has 0 aliphatic carbocycles. The molecule has 0 N–H and O–H groups in total. The molecule has 0 bridgehead atoms. The van der Waals surface area contributed by atoms with Crippen molar-refractivity contribution in [3.63, 3.8) is 0 Å². The van der Waals surface area contributed by atoms with Crippen LogP contribution in [0, 0.1) is 13.8 Å². The van der Waals surface area contributed by atoms with Gasteiger partial charge in [-0.05, 0) is 33.8 Å². The highest BCUT2D eigenvalue weighted by molar-refractivity contribution is 5.96. The third kappa shape index (κ3) is 2.64. The Morgan fingerprint density at radius 2 is 2.05 bits per heavy atom. The largest absolute Gasteiger partial charge is 0.339 e. The molecule has 1 atom stereocenters. The molecule has 0 aromatic carbocycles. The van der Waals surface area contributed by atoms with Gasteiger partial charge in [-0.2, -0.15) is 0 Å². The van der Waals surface area contributed by atoms with Crippen LogP contribution in [0.25, 0.3) is 0 Å². The molecular weight excluding hydrogens is 256 g/mol. The summed E-state index contributed by atoms with van der Waals surface area (Å²) in [5.41, 5.74) is 1.12. The van der Waals surface area contributed by atoms with Gasteiger partial charge in [-0.3, -0.25) is 9.59 Å². The van der Waals surface area contributed by atoms with Crippen LogP contribution >= 0.6 is 0 Å². The number of likely N-dealkylation sites (N-methyl/N-ethyl adjacent to an activating group) is 1. The van der Waals surface area contributed by atoms with Crippen molar-refractivity contribution in [3.05, 3.63) is 23.3 Å². The maximum atomic E-state index is 12.5. The fourth-order valence-electron chi connectivity index (χ4n) is 2.49. The van der Waals surface area contributed by atoms with Gasteiger partial charge in [-0.1, -0.05) is 0 Å². The van der Waals surface area contributed by atoms with Crippen LogP contribution in [0.1, 0.15) is 35.9 Å². The fraction of sp³-hybridized carbons (Fsp3) is 0.571. The van der Waals surface area contributed by atoms with Gasteiger partial charge in [0.1, 0.15) is 17.6 Å². The van der Waals surface area contributed by atoms with E-state index in [2.05, 4.69) is 9.97 Å². The van der Waals surface area contributed by atoms with Crippen LogP contribution in [0.5, 0.6) is 0 Å². The fourth-order valence-corrected chi connectivity index (χ4v) is 2.49. The first-order chi connectivity index (χ1) is 9.43. The number of aromatic nitrogens is 2. The minimum absolute atomic E-state index is 0.00500. The Labute approximate surface area is 118 Å². The average molecular weight is 276 g/mol. The van der Waals surface area contributed by atoms with Crippen LogP contribution < -0.4 is 0 Å². The lowest BCUT2D eigenvalue weighted by molar-refractivity contribution is -0.139. The molecule has 2 heterocycles. The van der Waals surface area contributed by atoms with Gasteiger partial charge >= 0.3 is 0 Å². The number of hydrogen-bond donors (Lipinski definition) is 0. The summed E-state index contributed by atoms with van der Waals surface area (Å²) < 4.78 is 0. The smallest absolute Gasteiger partial charge is 0.273 e. The Balaban J connectivity index is 2.23. The van der Waals surface area contributed by atoms with Gasteiger partial charge in [0.05, 0.1) is 0 Å². The Bertz CT molecular complexity index is 524. The molecular formula is C14H20N4O2. The lowest BCUT2D eigenvalue weighted by Crippen LogP contribution is -2.57. The molecule has 20 heavy (non-hydrogen) atoms. The second-order valence-electron chi connectivity index (χ2n) is 5.03. The van der Waals surface area contributed by atoms with Crippen molar-refractivity contribution < 1.29 is 9.59 Å². The number of carbonyl (C=O) groups is 2. The first kappa shape index (κ1) is 14.4. The molecule has 1 aromatic heterocycles. The molecule has 0 radical (unpaired) electrons. The summed E-state index contributed by atoms with van der Waals surface area (Å²) in [7, 11) is 0. The topological polar surface area (TPSA) is 66.4 Å². The molecule has 1 aliphatic heterocycles. The molecule has 1 fully saturated rings. The quantitative estimate of drug-likeness (QED) is 0.801. The first-order valence-electron chi connectivity index (χ1n) is 6.86. The molecule has 108 valence electrons. The third-order valence-corrected chi connectivity index (χ3v) is 3.58. The predicted octanol–water partition coefficient (Wildman–Crippen LogP) is 0.786. The van der Waals surface area contributed by atoms with Gasteiger partial charge in [0.25, 0.3) is 5.91 Å².